The second-order valence-electron chi connectivity index (χ2n) is 15.4. The first-order chi connectivity index (χ1) is 28.5. The molecule has 16 heteroatoms. The van der Waals surface area contributed by atoms with Crippen LogP contribution in [0, 0.1) is 11.7 Å². The van der Waals surface area contributed by atoms with Gasteiger partial charge < -0.3 is 15.5 Å². The minimum atomic E-state index is -3.72. The molecule has 2 aromatic heterocycles. The number of carbonyl (C=O) groups is 2. The van der Waals surface area contributed by atoms with Gasteiger partial charge in [0.15, 0.2) is 5.82 Å². The third-order valence-electron chi connectivity index (χ3n) is 11.4. The monoisotopic (exact) mass is 837 g/mol. The van der Waals surface area contributed by atoms with E-state index in [2.05, 4.69) is 59.0 Å². The number of nitrogen functional groups attached to an aromatic ring is 1. The summed E-state index contributed by atoms with van der Waals surface area (Å²) in [5, 5.41) is 3.12. The van der Waals surface area contributed by atoms with Crippen LogP contribution in [-0.4, -0.2) is 91.7 Å². The molecule has 0 bridgehead atoms. The van der Waals surface area contributed by atoms with Crippen molar-refractivity contribution in [1.82, 2.24) is 25.2 Å². The predicted octanol–water partition coefficient (Wildman–Crippen LogP) is 6.37. The Balaban J connectivity index is 0.883. The second-order valence-corrected chi connectivity index (χ2v) is 18.3. The van der Waals surface area contributed by atoms with Crippen LogP contribution in [-0.2, 0) is 19.6 Å². The fourth-order valence-corrected chi connectivity index (χ4v) is 10.4. The van der Waals surface area contributed by atoms with Gasteiger partial charge in [-0.3, -0.25) is 24.5 Å². The van der Waals surface area contributed by atoms with Crippen LogP contribution >= 0.6 is 11.3 Å². The molecule has 1 atom stereocenters. The molecule has 4 N–H and O–H groups in total. The van der Waals surface area contributed by atoms with E-state index < -0.39 is 15.8 Å². The maximum absolute atomic E-state index is 16.0. The van der Waals surface area contributed by atoms with Crippen molar-refractivity contribution in [3.05, 3.63) is 90.4 Å². The number of nitrogens with one attached hydrogen (secondary N) is 2. The fourth-order valence-electron chi connectivity index (χ4n) is 8.25. The lowest BCUT2D eigenvalue weighted by Crippen LogP contribution is -2.49. The molecule has 8 rings (SSSR count). The summed E-state index contributed by atoms with van der Waals surface area (Å²) < 4.78 is 43.5. The summed E-state index contributed by atoms with van der Waals surface area (Å²) in [7, 11) is -3.72. The van der Waals surface area contributed by atoms with E-state index in [-0.39, 0.29) is 40.7 Å². The first-order valence-electron chi connectivity index (χ1n) is 20.2. The number of nitrogens with zero attached hydrogens (tertiary/aromatic N) is 6. The molecule has 308 valence electrons. The Morgan fingerprint density at radius 3 is 2.25 bits per heavy atom. The van der Waals surface area contributed by atoms with Gasteiger partial charge in [0.25, 0.3) is 0 Å². The molecule has 3 saturated heterocycles. The Labute approximate surface area is 347 Å². The van der Waals surface area contributed by atoms with Crippen molar-refractivity contribution in [2.75, 3.05) is 71.8 Å². The molecule has 0 radical (unpaired) electrons. The van der Waals surface area contributed by atoms with Crippen molar-refractivity contribution in [2.45, 2.75) is 44.9 Å². The van der Waals surface area contributed by atoms with Crippen LogP contribution in [0.15, 0.2) is 79.0 Å². The fraction of sp³-hybridized carbons (Fsp3) is 0.372. The van der Waals surface area contributed by atoms with Crippen molar-refractivity contribution < 1.29 is 22.4 Å². The number of hydrogen-bond donors (Lipinski definition) is 3. The van der Waals surface area contributed by atoms with E-state index in [4.69, 9.17) is 10.7 Å². The number of thiazole rings is 1. The molecule has 5 heterocycles. The zero-order valence-corrected chi connectivity index (χ0v) is 34.6. The van der Waals surface area contributed by atoms with E-state index in [1.807, 2.05) is 24.3 Å². The molecule has 0 spiro atoms. The van der Waals surface area contributed by atoms with Gasteiger partial charge >= 0.3 is 0 Å². The summed E-state index contributed by atoms with van der Waals surface area (Å²) in [6, 6.07) is 22.8. The number of nitrogens with two attached hydrogens (primary N) is 1. The summed E-state index contributed by atoms with van der Waals surface area (Å²) >= 11 is 1.36. The van der Waals surface area contributed by atoms with Crippen molar-refractivity contribution in [2.24, 2.45) is 5.92 Å². The quantitative estimate of drug-likeness (QED) is 0.120. The highest BCUT2D eigenvalue weighted by molar-refractivity contribution is 7.92. The highest BCUT2D eigenvalue weighted by atomic mass is 32.2. The molecule has 13 nitrogen and oxygen atoms in total. The normalized spacial score (nSPS) is 18.2. The lowest BCUT2D eigenvalue weighted by atomic mass is 9.90. The van der Waals surface area contributed by atoms with Gasteiger partial charge in [-0.05, 0) is 91.8 Å². The lowest BCUT2D eigenvalue weighted by Gasteiger charge is -2.40. The summed E-state index contributed by atoms with van der Waals surface area (Å²) in [6.07, 6.45) is 5.16. The number of hydrogen-bond acceptors (Lipinski definition) is 12. The van der Waals surface area contributed by atoms with Gasteiger partial charge in [-0.2, -0.15) is 0 Å². The van der Waals surface area contributed by atoms with Crippen LogP contribution in [0.25, 0.3) is 32.4 Å². The average Bonchev–Trinajstić information content (AvgIpc) is 3.68. The molecule has 59 heavy (non-hydrogen) atoms. The van der Waals surface area contributed by atoms with E-state index in [0.717, 1.165) is 75.5 Å². The number of benzene rings is 3. The summed E-state index contributed by atoms with van der Waals surface area (Å²) in [4.78, 5) is 45.2. The van der Waals surface area contributed by atoms with Gasteiger partial charge in [0.1, 0.15) is 5.01 Å². The van der Waals surface area contributed by atoms with E-state index in [1.165, 1.54) is 23.1 Å². The number of amides is 2. The summed E-state index contributed by atoms with van der Waals surface area (Å²) in [5.74, 6) is -0.767. The van der Waals surface area contributed by atoms with Gasteiger partial charge in [0, 0.05) is 80.9 Å². The van der Waals surface area contributed by atoms with Crippen LogP contribution in [0.4, 0.5) is 27.4 Å². The number of halogens is 1. The van der Waals surface area contributed by atoms with Crippen molar-refractivity contribution in [1.29, 1.82) is 0 Å². The number of aromatic nitrogens is 3. The van der Waals surface area contributed by atoms with Gasteiger partial charge in [-0.15, -0.1) is 11.3 Å². The number of piperazine rings is 1. The number of imide groups is 1. The molecule has 2 amide bonds. The molecule has 3 aliphatic heterocycles. The van der Waals surface area contributed by atoms with Crippen LogP contribution in [0.3, 0.4) is 0 Å². The Bertz CT molecular complexity index is 2410. The van der Waals surface area contributed by atoms with Crippen molar-refractivity contribution in [3.8, 4) is 32.4 Å². The van der Waals surface area contributed by atoms with Gasteiger partial charge in [-0.1, -0.05) is 25.1 Å². The molecular weight excluding hydrogens is 790 g/mol. The van der Waals surface area contributed by atoms with E-state index in [9.17, 15) is 18.0 Å². The Kier molecular flexibility index (Phi) is 11.9. The topological polar surface area (TPSA) is 167 Å². The maximum Gasteiger partial charge on any atom is 0.234 e. The Hall–Kier alpha value is -5.45. The number of sulfonamides is 1. The first kappa shape index (κ1) is 40.3. The lowest BCUT2D eigenvalue weighted by molar-refractivity contribution is -0.134. The van der Waals surface area contributed by atoms with Crippen LogP contribution in [0.5, 0.6) is 0 Å². The molecule has 5 aromatic rings. The summed E-state index contributed by atoms with van der Waals surface area (Å²) in [6.45, 7) is 8.69. The predicted molar refractivity (Wildman–Crippen MR) is 231 cm³/mol. The van der Waals surface area contributed by atoms with Crippen molar-refractivity contribution >= 4 is 56.2 Å². The molecule has 0 saturated carbocycles. The van der Waals surface area contributed by atoms with Crippen LogP contribution in [0.2, 0.25) is 0 Å². The van der Waals surface area contributed by atoms with Gasteiger partial charge in [-0.25, -0.2) is 27.8 Å². The average molecular weight is 838 g/mol. The summed E-state index contributed by atoms with van der Waals surface area (Å²) in [5.41, 5.74) is 10.9. The van der Waals surface area contributed by atoms with Crippen molar-refractivity contribution in [3.63, 3.8) is 0 Å². The Morgan fingerprint density at radius 2 is 1.58 bits per heavy atom. The molecule has 0 unspecified atom stereocenters. The minimum absolute atomic E-state index is 0.0764. The third-order valence-corrected chi connectivity index (χ3v) is 14.0. The van der Waals surface area contributed by atoms with Crippen LogP contribution in [0.1, 0.15) is 50.5 Å². The van der Waals surface area contributed by atoms with E-state index >= 15 is 4.39 Å². The number of anilines is 4. The highest BCUT2D eigenvalue weighted by Crippen LogP contribution is 2.42. The van der Waals surface area contributed by atoms with E-state index in [0.29, 0.717) is 46.5 Å². The minimum Gasteiger partial charge on any atom is -0.372 e. The van der Waals surface area contributed by atoms with Gasteiger partial charge in [0.05, 0.1) is 33.6 Å². The molecular formula is C43H48FN9O4S2. The largest absolute Gasteiger partial charge is 0.372 e. The third kappa shape index (κ3) is 9.24. The van der Waals surface area contributed by atoms with E-state index in [1.54, 1.807) is 31.3 Å². The second kappa shape index (κ2) is 17.4. The number of carbonyl (C=O) groups excluding carboxylic acids is 2. The molecule has 0 aliphatic carbocycles. The highest BCUT2D eigenvalue weighted by Gasteiger charge is 2.29. The molecule has 3 aliphatic rings. The smallest absolute Gasteiger partial charge is 0.234 e. The number of piperidine rings is 2. The maximum atomic E-state index is 16.0. The van der Waals surface area contributed by atoms with Gasteiger partial charge in [0.2, 0.25) is 27.8 Å². The first-order valence-corrected chi connectivity index (χ1v) is 22.7. The molecule has 3 aromatic carbocycles. The zero-order chi connectivity index (χ0) is 41.1. The molecule has 3 fully saturated rings. The number of rotatable bonds is 12. The SMILES string of the molecule is CCCS(=O)(=O)Nc1cccc(-c2nc(-c3ccc(N4CCN(CC5CCN(c6ccc([C@@H]7CCC(=O)NC7=O)cc6)CC5)CC4)cc3)sc2-c2ccnc(N)n2)c1F. The Morgan fingerprint density at radius 1 is 0.881 bits per heavy atom. The zero-order valence-electron chi connectivity index (χ0n) is 32.9. The van der Waals surface area contributed by atoms with Crippen LogP contribution < -0.4 is 25.6 Å². The standard InChI is InChI=1S/C43H48FN9O4S2/c1-2-26-59(56,57)50-35-5-3-4-34(38(35)44)39-40(36-16-19-46-43(45)47-36)58-42(49-39)30-8-12-32(13-9-30)53-24-22-51(23-25-53)27-28-17-20-52(21-18-28)31-10-6-29(7-11-31)33-14-15-37(54)48-41(33)55/h3-13,16,19,28,33,50H,2,14-15,17-18,20-27H2,1H3,(H2,45,46,47)(H,48,54,55)/t33-/m0/s1.